The Kier molecular flexibility index (Phi) is 10.4. The van der Waals surface area contributed by atoms with Crippen LogP contribution in [0.25, 0.3) is 0 Å². The van der Waals surface area contributed by atoms with Crippen LogP contribution < -0.4 is 29.0 Å². The molecule has 230 valence electrons. The predicted molar refractivity (Wildman–Crippen MR) is 159 cm³/mol. The minimum absolute atomic E-state index is 0.0453. The topological polar surface area (TPSA) is 161 Å². The molecule has 14 heteroatoms. The van der Waals surface area contributed by atoms with E-state index in [1.54, 1.807) is 42.5 Å². The standard InChI is InChI=1S/C30H29N3O10S/c1-38-21-11-13-22(14-12-21)44(36,37)33-23-18-20(29(34)40-3)19-26(28(23)43-25-9-5-4-8-24(25)39-2)41-16-17-42-30(35)32-27-10-6-7-15-31-27/h4-15,18-19,33H,16-17H2,1-3H3,(H,31,32,35). The van der Waals surface area contributed by atoms with Gasteiger partial charge in [-0.05, 0) is 60.7 Å². The average molecular weight is 624 g/mol. The third kappa shape index (κ3) is 8.07. The van der Waals surface area contributed by atoms with Crippen LogP contribution in [0.1, 0.15) is 10.4 Å². The van der Waals surface area contributed by atoms with Crippen molar-refractivity contribution in [3.8, 4) is 28.7 Å². The second-order valence-electron chi connectivity index (χ2n) is 8.70. The fourth-order valence-corrected chi connectivity index (χ4v) is 4.81. The number of carbonyl (C=O) groups is 2. The third-order valence-electron chi connectivity index (χ3n) is 5.84. The van der Waals surface area contributed by atoms with Gasteiger partial charge in [0.25, 0.3) is 10.0 Å². The number of sulfonamides is 1. The van der Waals surface area contributed by atoms with Crippen LogP contribution in [0.3, 0.4) is 0 Å². The van der Waals surface area contributed by atoms with Gasteiger partial charge < -0.3 is 28.4 Å². The predicted octanol–water partition coefficient (Wildman–Crippen LogP) is 5.11. The zero-order valence-electron chi connectivity index (χ0n) is 23.9. The normalized spacial score (nSPS) is 10.7. The first-order valence-electron chi connectivity index (χ1n) is 13.0. The quantitative estimate of drug-likeness (QED) is 0.150. The molecule has 0 bridgehead atoms. The lowest BCUT2D eigenvalue weighted by Gasteiger charge is -2.20. The Labute approximate surface area is 253 Å². The van der Waals surface area contributed by atoms with Gasteiger partial charge in [0.05, 0.1) is 37.5 Å². The number of amides is 1. The number of benzene rings is 3. The number of para-hydroxylation sites is 2. The molecule has 0 spiro atoms. The molecule has 4 rings (SSSR count). The number of pyridine rings is 1. The Bertz CT molecular complexity index is 1700. The van der Waals surface area contributed by atoms with E-state index in [0.717, 1.165) is 0 Å². The first kappa shape index (κ1) is 31.4. The van der Waals surface area contributed by atoms with E-state index >= 15 is 0 Å². The Morgan fingerprint density at radius 2 is 1.55 bits per heavy atom. The molecule has 0 aliphatic rings. The zero-order valence-corrected chi connectivity index (χ0v) is 24.8. The van der Waals surface area contributed by atoms with Crippen LogP contribution in [0, 0.1) is 0 Å². The summed E-state index contributed by atoms with van der Waals surface area (Å²) in [6.07, 6.45) is 0.741. The summed E-state index contributed by atoms with van der Waals surface area (Å²) in [6.45, 7) is -0.421. The molecule has 1 heterocycles. The van der Waals surface area contributed by atoms with Crippen LogP contribution in [0.2, 0.25) is 0 Å². The van der Waals surface area contributed by atoms with E-state index in [0.29, 0.717) is 17.3 Å². The highest BCUT2D eigenvalue weighted by Gasteiger charge is 2.24. The van der Waals surface area contributed by atoms with Crippen molar-refractivity contribution in [3.05, 3.63) is 90.6 Å². The lowest BCUT2D eigenvalue weighted by molar-refractivity contribution is 0.0600. The van der Waals surface area contributed by atoms with Crippen LogP contribution in [0.4, 0.5) is 16.3 Å². The van der Waals surface area contributed by atoms with Crippen molar-refractivity contribution in [1.29, 1.82) is 0 Å². The van der Waals surface area contributed by atoms with Gasteiger partial charge in [0.1, 0.15) is 24.8 Å². The molecule has 0 unspecified atom stereocenters. The van der Waals surface area contributed by atoms with Crippen molar-refractivity contribution in [2.24, 2.45) is 0 Å². The molecule has 1 amide bonds. The van der Waals surface area contributed by atoms with Crippen LogP contribution in [-0.2, 0) is 19.5 Å². The van der Waals surface area contributed by atoms with Crippen LogP contribution in [0.15, 0.2) is 90.0 Å². The van der Waals surface area contributed by atoms with Crippen molar-refractivity contribution >= 4 is 33.6 Å². The molecule has 0 saturated heterocycles. The van der Waals surface area contributed by atoms with Crippen LogP contribution in [-0.4, -0.2) is 60.0 Å². The molecule has 3 aromatic carbocycles. The second-order valence-corrected chi connectivity index (χ2v) is 10.4. The minimum Gasteiger partial charge on any atom is -0.497 e. The monoisotopic (exact) mass is 623 g/mol. The molecule has 1 aromatic heterocycles. The molecule has 13 nitrogen and oxygen atoms in total. The zero-order chi connectivity index (χ0) is 31.5. The number of hydrogen-bond acceptors (Lipinski definition) is 11. The summed E-state index contributed by atoms with van der Waals surface area (Å²) in [5.74, 6) is 0.399. The molecule has 0 fully saturated rings. The van der Waals surface area contributed by atoms with Crippen molar-refractivity contribution in [2.45, 2.75) is 4.90 Å². The van der Waals surface area contributed by atoms with E-state index in [-0.39, 0.29) is 46.6 Å². The average Bonchev–Trinajstić information content (AvgIpc) is 3.04. The van der Waals surface area contributed by atoms with Gasteiger partial charge in [-0.2, -0.15) is 0 Å². The van der Waals surface area contributed by atoms with Gasteiger partial charge in [-0.25, -0.2) is 23.0 Å². The SMILES string of the molecule is COC(=O)c1cc(NS(=O)(=O)c2ccc(OC)cc2)c(Oc2ccccc2OC)c(OCCOC(=O)Nc2ccccn2)c1. The van der Waals surface area contributed by atoms with Crippen LogP contribution >= 0.6 is 0 Å². The van der Waals surface area contributed by atoms with Crippen molar-refractivity contribution in [2.75, 3.05) is 44.6 Å². The summed E-state index contributed by atoms with van der Waals surface area (Å²) >= 11 is 0. The lowest BCUT2D eigenvalue weighted by Crippen LogP contribution is -2.19. The number of hydrogen-bond donors (Lipinski definition) is 2. The maximum Gasteiger partial charge on any atom is 0.412 e. The first-order chi connectivity index (χ1) is 21.2. The van der Waals surface area contributed by atoms with E-state index in [9.17, 15) is 18.0 Å². The van der Waals surface area contributed by atoms with E-state index in [4.69, 9.17) is 28.4 Å². The number of esters is 1. The van der Waals surface area contributed by atoms with Gasteiger partial charge in [0.15, 0.2) is 23.0 Å². The molecule has 0 radical (unpaired) electrons. The van der Waals surface area contributed by atoms with Gasteiger partial charge in [-0.3, -0.25) is 10.0 Å². The lowest BCUT2D eigenvalue weighted by atomic mass is 10.1. The van der Waals surface area contributed by atoms with E-state index in [1.807, 2.05) is 0 Å². The fourth-order valence-electron chi connectivity index (χ4n) is 3.76. The van der Waals surface area contributed by atoms with Gasteiger partial charge >= 0.3 is 12.1 Å². The number of carbonyl (C=O) groups excluding carboxylic acids is 2. The highest BCUT2D eigenvalue weighted by atomic mass is 32.2. The molecule has 0 saturated carbocycles. The fraction of sp³-hybridized carbons (Fsp3) is 0.167. The minimum atomic E-state index is -4.21. The van der Waals surface area contributed by atoms with Crippen molar-refractivity contribution < 1.29 is 46.4 Å². The molecular weight excluding hydrogens is 594 g/mol. The third-order valence-corrected chi connectivity index (χ3v) is 7.22. The molecule has 2 N–H and O–H groups in total. The summed E-state index contributed by atoms with van der Waals surface area (Å²) in [4.78, 5) is 28.6. The number of ether oxygens (including phenoxy) is 6. The molecular formula is C30H29N3O10S. The number of aromatic nitrogens is 1. The second kappa shape index (κ2) is 14.6. The number of nitrogens with zero attached hydrogens (tertiary/aromatic N) is 1. The molecule has 44 heavy (non-hydrogen) atoms. The summed E-state index contributed by atoms with van der Waals surface area (Å²) in [6, 6.07) is 19.9. The molecule has 0 aliphatic heterocycles. The van der Waals surface area contributed by atoms with Gasteiger partial charge in [-0.15, -0.1) is 0 Å². The number of methoxy groups -OCH3 is 3. The van der Waals surface area contributed by atoms with Crippen molar-refractivity contribution in [1.82, 2.24) is 4.98 Å². The van der Waals surface area contributed by atoms with Crippen LogP contribution in [0.5, 0.6) is 28.7 Å². The Morgan fingerprint density at radius 3 is 2.20 bits per heavy atom. The maximum atomic E-state index is 13.4. The Morgan fingerprint density at radius 1 is 0.818 bits per heavy atom. The number of rotatable bonds is 13. The summed E-state index contributed by atoms with van der Waals surface area (Å²) in [5.41, 5.74) is -0.186. The number of anilines is 2. The van der Waals surface area contributed by atoms with Gasteiger partial charge in [0, 0.05) is 6.20 Å². The van der Waals surface area contributed by atoms with Gasteiger partial charge in [0.2, 0.25) is 0 Å². The van der Waals surface area contributed by atoms with E-state index < -0.39 is 22.1 Å². The largest absolute Gasteiger partial charge is 0.497 e. The van der Waals surface area contributed by atoms with Gasteiger partial charge in [-0.1, -0.05) is 18.2 Å². The highest BCUT2D eigenvalue weighted by Crippen LogP contribution is 2.43. The Hall–Kier alpha value is -5.50. The molecule has 4 aromatic rings. The maximum absolute atomic E-state index is 13.4. The first-order valence-corrected chi connectivity index (χ1v) is 14.4. The number of nitrogens with one attached hydrogen (secondary N) is 2. The van der Waals surface area contributed by atoms with E-state index in [2.05, 4.69) is 15.0 Å². The molecule has 0 aliphatic carbocycles. The highest BCUT2D eigenvalue weighted by molar-refractivity contribution is 7.92. The smallest absolute Gasteiger partial charge is 0.412 e. The van der Waals surface area contributed by atoms with Crippen molar-refractivity contribution in [3.63, 3.8) is 0 Å². The van der Waals surface area contributed by atoms with E-state index in [1.165, 1.54) is 63.9 Å². The Balaban J connectivity index is 1.67. The summed E-state index contributed by atoms with van der Waals surface area (Å²) in [5, 5.41) is 2.47. The molecule has 0 atom stereocenters. The summed E-state index contributed by atoms with van der Waals surface area (Å²) in [7, 11) is -0.127. The summed E-state index contributed by atoms with van der Waals surface area (Å²) < 4.78 is 61.8.